The fourth-order valence-corrected chi connectivity index (χ4v) is 3.28. The van der Waals surface area contributed by atoms with Gasteiger partial charge < -0.3 is 5.32 Å². The summed E-state index contributed by atoms with van der Waals surface area (Å²) in [5, 5.41) is 11.4. The highest BCUT2D eigenvalue weighted by atomic mass is 32.1. The summed E-state index contributed by atoms with van der Waals surface area (Å²) >= 11 is 3.20. The number of hydrogen-bond donors (Lipinski definition) is 1. The highest BCUT2D eigenvalue weighted by Crippen LogP contribution is 2.24. The Morgan fingerprint density at radius 3 is 3.11 bits per heavy atom. The van der Waals surface area contributed by atoms with Gasteiger partial charge in [0.2, 0.25) is 10.9 Å². The number of carbonyl (C=O) groups is 1. The Labute approximate surface area is 117 Å². The van der Waals surface area contributed by atoms with Gasteiger partial charge in [-0.25, -0.2) is 4.52 Å². The molecule has 0 aliphatic heterocycles. The van der Waals surface area contributed by atoms with Crippen LogP contribution in [0.4, 0.5) is 0 Å². The molecule has 19 heavy (non-hydrogen) atoms. The Bertz CT molecular complexity index is 699. The van der Waals surface area contributed by atoms with Crippen LogP contribution in [-0.4, -0.2) is 27.0 Å². The molecule has 98 valence electrons. The number of carbonyl (C=O) groups excluding carboxylic acids is 1. The van der Waals surface area contributed by atoms with Crippen molar-refractivity contribution in [3.63, 3.8) is 0 Å². The highest BCUT2D eigenvalue weighted by molar-refractivity contribution is 7.15. The molecule has 0 saturated heterocycles. The standard InChI is InChI=1S/C12H12N4OS2/c1-8(17)13-5-4-9-7-19-12-14-11(15-16(9)12)10-3-2-6-18-10/h2-3,6-7H,4-5H2,1H3,(H,13,17). The molecule has 0 fully saturated rings. The van der Waals surface area contributed by atoms with Crippen LogP contribution < -0.4 is 5.32 Å². The van der Waals surface area contributed by atoms with Crippen molar-refractivity contribution in [2.24, 2.45) is 0 Å². The summed E-state index contributed by atoms with van der Waals surface area (Å²) in [4.78, 5) is 17.3. The van der Waals surface area contributed by atoms with Crippen LogP contribution in [0.2, 0.25) is 0 Å². The molecule has 0 bridgehead atoms. The summed E-state index contributed by atoms with van der Waals surface area (Å²) in [7, 11) is 0. The van der Waals surface area contributed by atoms with Gasteiger partial charge in [-0.3, -0.25) is 4.79 Å². The average Bonchev–Trinajstić information content (AvgIpc) is 3.03. The topological polar surface area (TPSA) is 59.3 Å². The van der Waals surface area contributed by atoms with Crippen LogP contribution in [0.1, 0.15) is 12.6 Å². The summed E-state index contributed by atoms with van der Waals surface area (Å²) in [6, 6.07) is 4.01. The van der Waals surface area contributed by atoms with Crippen LogP contribution in [0.15, 0.2) is 22.9 Å². The molecule has 0 spiro atoms. The molecule has 3 rings (SSSR count). The Kier molecular flexibility index (Phi) is 3.31. The second-order valence-electron chi connectivity index (χ2n) is 4.07. The van der Waals surface area contributed by atoms with E-state index in [1.807, 2.05) is 27.4 Å². The van der Waals surface area contributed by atoms with Crippen molar-refractivity contribution in [2.45, 2.75) is 13.3 Å². The number of rotatable bonds is 4. The second-order valence-corrected chi connectivity index (χ2v) is 5.85. The maximum absolute atomic E-state index is 10.9. The Balaban J connectivity index is 1.84. The van der Waals surface area contributed by atoms with E-state index in [0.717, 1.165) is 27.8 Å². The summed E-state index contributed by atoms with van der Waals surface area (Å²) < 4.78 is 1.86. The van der Waals surface area contributed by atoms with Crippen molar-refractivity contribution in [2.75, 3.05) is 6.54 Å². The van der Waals surface area contributed by atoms with E-state index in [1.54, 1.807) is 22.7 Å². The van der Waals surface area contributed by atoms with Crippen LogP contribution in [0.25, 0.3) is 15.7 Å². The summed E-state index contributed by atoms with van der Waals surface area (Å²) in [6.07, 6.45) is 0.757. The predicted molar refractivity (Wildman–Crippen MR) is 76.6 cm³/mol. The normalized spacial score (nSPS) is 11.0. The van der Waals surface area contributed by atoms with Gasteiger partial charge in [0, 0.05) is 25.3 Å². The van der Waals surface area contributed by atoms with Gasteiger partial charge in [-0.1, -0.05) is 6.07 Å². The van der Waals surface area contributed by atoms with Gasteiger partial charge in [0.15, 0.2) is 5.82 Å². The summed E-state index contributed by atoms with van der Waals surface area (Å²) in [5.74, 6) is 0.756. The van der Waals surface area contributed by atoms with Gasteiger partial charge in [0.25, 0.3) is 0 Å². The first-order chi connectivity index (χ1) is 9.24. The number of hydrogen-bond acceptors (Lipinski definition) is 5. The van der Waals surface area contributed by atoms with E-state index in [9.17, 15) is 4.79 Å². The van der Waals surface area contributed by atoms with Crippen LogP contribution in [0, 0.1) is 0 Å². The lowest BCUT2D eigenvalue weighted by Crippen LogP contribution is -2.22. The predicted octanol–water partition coefficient (Wildman–Crippen LogP) is 2.20. The third-order valence-corrected chi connectivity index (χ3v) is 4.38. The molecule has 0 saturated carbocycles. The largest absolute Gasteiger partial charge is 0.356 e. The zero-order valence-corrected chi connectivity index (χ0v) is 11.9. The van der Waals surface area contributed by atoms with E-state index in [2.05, 4.69) is 15.4 Å². The van der Waals surface area contributed by atoms with Gasteiger partial charge in [-0.05, 0) is 11.4 Å². The SMILES string of the molecule is CC(=O)NCCc1csc2nc(-c3cccs3)nn12. The molecule has 1 amide bonds. The number of fused-ring (bicyclic) bond motifs is 1. The van der Waals surface area contributed by atoms with E-state index in [1.165, 1.54) is 6.92 Å². The van der Waals surface area contributed by atoms with Gasteiger partial charge in [-0.2, -0.15) is 4.98 Å². The summed E-state index contributed by atoms with van der Waals surface area (Å²) in [6.45, 7) is 2.14. The van der Waals surface area contributed by atoms with Gasteiger partial charge in [0.05, 0.1) is 10.6 Å². The maximum atomic E-state index is 10.9. The molecular formula is C12H12N4OS2. The fourth-order valence-electron chi connectivity index (χ4n) is 1.77. The van der Waals surface area contributed by atoms with Crippen molar-refractivity contribution in [3.8, 4) is 10.7 Å². The molecule has 5 nitrogen and oxygen atoms in total. The Hall–Kier alpha value is -1.73. The maximum Gasteiger partial charge on any atom is 0.216 e. The quantitative estimate of drug-likeness (QED) is 0.802. The van der Waals surface area contributed by atoms with E-state index in [4.69, 9.17) is 0 Å². The third-order valence-electron chi connectivity index (χ3n) is 2.65. The molecule has 0 aromatic carbocycles. The number of thiophene rings is 1. The van der Waals surface area contributed by atoms with Crippen molar-refractivity contribution < 1.29 is 4.79 Å². The average molecular weight is 292 g/mol. The summed E-state index contributed by atoms with van der Waals surface area (Å²) in [5.41, 5.74) is 1.07. The minimum absolute atomic E-state index is 0.00987. The lowest BCUT2D eigenvalue weighted by atomic mass is 10.3. The second kappa shape index (κ2) is 5.10. The van der Waals surface area contributed by atoms with Crippen molar-refractivity contribution in [1.82, 2.24) is 19.9 Å². The first-order valence-corrected chi connectivity index (χ1v) is 7.61. The number of aromatic nitrogens is 3. The lowest BCUT2D eigenvalue weighted by molar-refractivity contribution is -0.118. The molecule has 3 aromatic rings. The Morgan fingerprint density at radius 2 is 2.37 bits per heavy atom. The third kappa shape index (κ3) is 2.52. The highest BCUT2D eigenvalue weighted by Gasteiger charge is 2.11. The van der Waals surface area contributed by atoms with Crippen LogP contribution in [0.3, 0.4) is 0 Å². The van der Waals surface area contributed by atoms with Crippen molar-refractivity contribution in [3.05, 3.63) is 28.6 Å². The van der Waals surface area contributed by atoms with Gasteiger partial charge >= 0.3 is 0 Å². The minimum Gasteiger partial charge on any atom is -0.356 e. The smallest absolute Gasteiger partial charge is 0.216 e. The molecule has 1 N–H and O–H groups in total. The molecule has 7 heteroatoms. The molecule has 0 unspecified atom stereocenters. The molecule has 0 radical (unpaired) electrons. The number of amides is 1. The zero-order valence-electron chi connectivity index (χ0n) is 10.3. The van der Waals surface area contributed by atoms with E-state index in [-0.39, 0.29) is 5.91 Å². The molecular weight excluding hydrogens is 280 g/mol. The molecule has 3 aromatic heterocycles. The monoisotopic (exact) mass is 292 g/mol. The first-order valence-electron chi connectivity index (χ1n) is 5.85. The number of nitrogens with zero attached hydrogens (tertiary/aromatic N) is 3. The minimum atomic E-state index is -0.00987. The van der Waals surface area contributed by atoms with Crippen molar-refractivity contribution in [1.29, 1.82) is 0 Å². The molecule has 3 heterocycles. The lowest BCUT2D eigenvalue weighted by Gasteiger charge is -1.99. The molecule has 0 aliphatic carbocycles. The fraction of sp³-hybridized carbons (Fsp3) is 0.250. The number of thiazole rings is 1. The van der Waals surface area contributed by atoms with Gasteiger partial charge in [0.1, 0.15) is 0 Å². The van der Waals surface area contributed by atoms with Crippen LogP contribution in [0.5, 0.6) is 0 Å². The van der Waals surface area contributed by atoms with Crippen LogP contribution >= 0.6 is 22.7 Å². The van der Waals surface area contributed by atoms with E-state index < -0.39 is 0 Å². The Morgan fingerprint density at radius 1 is 1.47 bits per heavy atom. The van der Waals surface area contributed by atoms with Crippen molar-refractivity contribution >= 4 is 33.5 Å². The van der Waals surface area contributed by atoms with Crippen LogP contribution in [-0.2, 0) is 11.2 Å². The van der Waals surface area contributed by atoms with E-state index >= 15 is 0 Å². The molecule has 0 aliphatic rings. The first kappa shape index (κ1) is 12.3. The van der Waals surface area contributed by atoms with E-state index in [0.29, 0.717) is 6.54 Å². The molecule has 0 atom stereocenters. The zero-order chi connectivity index (χ0) is 13.2. The number of nitrogens with one attached hydrogen (secondary N) is 1. The van der Waals surface area contributed by atoms with Gasteiger partial charge in [-0.15, -0.1) is 27.8 Å².